The molecule has 8 heteroatoms. The molecule has 1 aliphatic rings. The quantitative estimate of drug-likeness (QED) is 0.854. The van der Waals surface area contributed by atoms with Crippen molar-refractivity contribution in [2.24, 2.45) is 0 Å². The van der Waals surface area contributed by atoms with Gasteiger partial charge in [0.25, 0.3) is 5.91 Å². The Kier molecular flexibility index (Phi) is 5.03. The second kappa shape index (κ2) is 7.25. The minimum Gasteiger partial charge on any atom is -0.475 e. The number of furan rings is 1. The summed E-state index contributed by atoms with van der Waals surface area (Å²) in [5, 5.41) is 11.8. The molecule has 1 aromatic carbocycles. The highest BCUT2D eigenvalue weighted by atomic mass is 32.2. The number of rotatable bonds is 4. The van der Waals surface area contributed by atoms with E-state index in [1.54, 1.807) is 0 Å². The number of carbonyl (C=O) groups is 3. The Balaban J connectivity index is 1.76. The summed E-state index contributed by atoms with van der Waals surface area (Å²) in [6, 6.07) is 7.54. The SMILES string of the molecule is Cc1cccc(NC(=O)C2CSCN2C(=O)c2ccc(C(=O)O)o2)c1C. The molecule has 0 bridgehead atoms. The molecule has 0 spiro atoms. The lowest BCUT2D eigenvalue weighted by molar-refractivity contribution is -0.119. The van der Waals surface area contributed by atoms with Crippen LogP contribution in [-0.2, 0) is 4.79 Å². The van der Waals surface area contributed by atoms with Crippen LogP contribution in [0.2, 0.25) is 0 Å². The van der Waals surface area contributed by atoms with Gasteiger partial charge < -0.3 is 19.7 Å². The molecule has 3 rings (SSSR count). The van der Waals surface area contributed by atoms with Crippen molar-refractivity contribution in [3.05, 3.63) is 53.0 Å². The first-order valence-corrected chi connectivity index (χ1v) is 9.13. The van der Waals surface area contributed by atoms with Crippen molar-refractivity contribution in [3.8, 4) is 0 Å². The minimum atomic E-state index is -1.25. The maximum Gasteiger partial charge on any atom is 0.371 e. The van der Waals surface area contributed by atoms with Gasteiger partial charge in [-0.05, 0) is 43.2 Å². The van der Waals surface area contributed by atoms with Crippen LogP contribution in [0.15, 0.2) is 34.7 Å². The van der Waals surface area contributed by atoms with Gasteiger partial charge >= 0.3 is 5.97 Å². The second-order valence-electron chi connectivity index (χ2n) is 6.00. The number of anilines is 1. The number of amides is 2. The summed E-state index contributed by atoms with van der Waals surface area (Å²) in [6.45, 7) is 3.89. The Morgan fingerprint density at radius 1 is 1.19 bits per heavy atom. The normalized spacial score (nSPS) is 16.5. The van der Waals surface area contributed by atoms with Gasteiger partial charge in [0.05, 0.1) is 5.88 Å². The van der Waals surface area contributed by atoms with E-state index < -0.39 is 17.9 Å². The summed E-state index contributed by atoms with van der Waals surface area (Å²) in [6.07, 6.45) is 0. The van der Waals surface area contributed by atoms with E-state index in [9.17, 15) is 14.4 Å². The maximum atomic E-state index is 12.7. The van der Waals surface area contributed by atoms with Crippen molar-refractivity contribution in [1.82, 2.24) is 4.90 Å². The number of nitrogens with zero attached hydrogens (tertiary/aromatic N) is 1. The van der Waals surface area contributed by atoms with Gasteiger partial charge in [0, 0.05) is 11.4 Å². The molecule has 2 N–H and O–H groups in total. The van der Waals surface area contributed by atoms with Crippen molar-refractivity contribution >= 4 is 35.2 Å². The summed E-state index contributed by atoms with van der Waals surface area (Å²) in [5.41, 5.74) is 2.75. The molecule has 136 valence electrons. The first-order valence-electron chi connectivity index (χ1n) is 7.97. The molecular weight excluding hydrogens is 356 g/mol. The first-order chi connectivity index (χ1) is 12.4. The Bertz CT molecular complexity index is 876. The van der Waals surface area contributed by atoms with Crippen molar-refractivity contribution in [3.63, 3.8) is 0 Å². The summed E-state index contributed by atoms with van der Waals surface area (Å²) >= 11 is 1.46. The molecule has 26 heavy (non-hydrogen) atoms. The Morgan fingerprint density at radius 3 is 2.62 bits per heavy atom. The highest BCUT2D eigenvalue weighted by Gasteiger charge is 2.36. The molecule has 1 fully saturated rings. The van der Waals surface area contributed by atoms with Crippen LogP contribution in [0.3, 0.4) is 0 Å². The zero-order valence-electron chi connectivity index (χ0n) is 14.3. The van der Waals surface area contributed by atoms with E-state index in [0.717, 1.165) is 11.1 Å². The zero-order valence-corrected chi connectivity index (χ0v) is 15.1. The summed E-state index contributed by atoms with van der Waals surface area (Å²) < 4.78 is 5.07. The number of carboxylic acid groups (broad SMARTS) is 1. The molecular formula is C18H18N2O5S. The predicted molar refractivity (Wildman–Crippen MR) is 97.5 cm³/mol. The van der Waals surface area contributed by atoms with Crippen LogP contribution in [0.1, 0.15) is 32.2 Å². The fourth-order valence-electron chi connectivity index (χ4n) is 2.67. The molecule has 1 unspecified atom stereocenters. The molecule has 1 aromatic heterocycles. The molecule has 2 amide bonds. The third-order valence-electron chi connectivity index (χ3n) is 4.34. The lowest BCUT2D eigenvalue weighted by Crippen LogP contribution is -2.44. The maximum absolute atomic E-state index is 12.7. The van der Waals surface area contributed by atoms with Crippen molar-refractivity contribution in [2.45, 2.75) is 19.9 Å². The number of carbonyl (C=O) groups excluding carboxylic acids is 2. The van der Waals surface area contributed by atoms with E-state index in [1.165, 1.54) is 28.8 Å². The van der Waals surface area contributed by atoms with Crippen LogP contribution in [0.5, 0.6) is 0 Å². The van der Waals surface area contributed by atoms with Crippen LogP contribution >= 0.6 is 11.8 Å². The van der Waals surface area contributed by atoms with E-state index in [0.29, 0.717) is 17.3 Å². The van der Waals surface area contributed by atoms with Gasteiger partial charge in [-0.25, -0.2) is 4.79 Å². The van der Waals surface area contributed by atoms with E-state index in [2.05, 4.69) is 5.32 Å². The van der Waals surface area contributed by atoms with E-state index >= 15 is 0 Å². The van der Waals surface area contributed by atoms with Gasteiger partial charge in [-0.2, -0.15) is 0 Å². The predicted octanol–water partition coefficient (Wildman–Crippen LogP) is 2.75. The number of thioether (sulfide) groups is 1. The van der Waals surface area contributed by atoms with Crippen molar-refractivity contribution in [2.75, 3.05) is 16.9 Å². The summed E-state index contributed by atoms with van der Waals surface area (Å²) in [7, 11) is 0. The molecule has 2 aromatic rings. The van der Waals surface area contributed by atoms with Gasteiger partial charge in [-0.15, -0.1) is 11.8 Å². The third-order valence-corrected chi connectivity index (χ3v) is 5.35. The lowest BCUT2D eigenvalue weighted by Gasteiger charge is -2.22. The number of benzene rings is 1. The van der Waals surface area contributed by atoms with Crippen LogP contribution < -0.4 is 5.32 Å². The lowest BCUT2D eigenvalue weighted by atomic mass is 10.1. The first kappa shape index (κ1) is 18.1. The summed E-state index contributed by atoms with van der Waals surface area (Å²) in [4.78, 5) is 37.6. The Hall–Kier alpha value is -2.74. The van der Waals surface area contributed by atoms with Crippen LogP contribution in [0.25, 0.3) is 0 Å². The van der Waals surface area contributed by atoms with Gasteiger partial charge in [-0.1, -0.05) is 12.1 Å². The highest BCUT2D eigenvalue weighted by Crippen LogP contribution is 2.26. The smallest absolute Gasteiger partial charge is 0.371 e. The average Bonchev–Trinajstić information content (AvgIpc) is 3.27. The Morgan fingerprint density at radius 2 is 1.92 bits per heavy atom. The molecule has 1 saturated heterocycles. The van der Waals surface area contributed by atoms with E-state index in [1.807, 2.05) is 32.0 Å². The van der Waals surface area contributed by atoms with Gasteiger partial charge in [0.15, 0.2) is 5.76 Å². The molecule has 7 nitrogen and oxygen atoms in total. The fraction of sp³-hybridized carbons (Fsp3) is 0.278. The number of carboxylic acids is 1. The average molecular weight is 374 g/mol. The fourth-order valence-corrected chi connectivity index (χ4v) is 3.83. The zero-order chi connectivity index (χ0) is 18.8. The van der Waals surface area contributed by atoms with Crippen LogP contribution in [-0.4, -0.2) is 45.5 Å². The topological polar surface area (TPSA) is 99.9 Å². The number of aryl methyl sites for hydroxylation is 1. The largest absolute Gasteiger partial charge is 0.475 e. The van der Waals surface area contributed by atoms with Gasteiger partial charge in [0.1, 0.15) is 6.04 Å². The second-order valence-corrected chi connectivity index (χ2v) is 7.00. The number of hydrogen-bond donors (Lipinski definition) is 2. The van der Waals surface area contributed by atoms with Crippen LogP contribution in [0, 0.1) is 13.8 Å². The standard InChI is InChI=1S/C18H18N2O5S/c1-10-4-3-5-12(11(10)2)19-16(21)13-8-26-9-20(13)17(22)14-6-7-15(25-14)18(23)24/h3-7,13H,8-9H2,1-2H3,(H,19,21)(H,23,24). The third kappa shape index (κ3) is 3.45. The molecule has 0 aliphatic carbocycles. The molecule has 0 saturated carbocycles. The molecule has 1 atom stereocenters. The van der Waals surface area contributed by atoms with Crippen molar-refractivity contribution < 1.29 is 23.9 Å². The number of hydrogen-bond acceptors (Lipinski definition) is 5. The van der Waals surface area contributed by atoms with E-state index in [-0.39, 0.29) is 17.4 Å². The van der Waals surface area contributed by atoms with E-state index in [4.69, 9.17) is 9.52 Å². The van der Waals surface area contributed by atoms with Crippen LogP contribution in [0.4, 0.5) is 5.69 Å². The highest BCUT2D eigenvalue weighted by molar-refractivity contribution is 7.99. The molecule has 1 aliphatic heterocycles. The minimum absolute atomic E-state index is 0.0885. The molecule has 2 heterocycles. The summed E-state index contributed by atoms with van der Waals surface area (Å²) in [5.74, 6) is -1.61. The monoisotopic (exact) mass is 374 g/mol. The van der Waals surface area contributed by atoms with Gasteiger partial charge in [0.2, 0.25) is 11.7 Å². The van der Waals surface area contributed by atoms with Crippen molar-refractivity contribution in [1.29, 1.82) is 0 Å². The number of nitrogens with one attached hydrogen (secondary N) is 1. The number of aromatic carboxylic acids is 1. The van der Waals surface area contributed by atoms with Gasteiger partial charge in [-0.3, -0.25) is 9.59 Å². The molecule has 0 radical (unpaired) electrons. The Labute approximate surface area is 154 Å².